The van der Waals surface area contributed by atoms with Crippen LogP contribution in [0.2, 0.25) is 0 Å². The van der Waals surface area contributed by atoms with Crippen LogP contribution in [-0.2, 0) is 14.6 Å². The molecule has 2 aromatic rings. The molecule has 0 saturated carbocycles. The van der Waals surface area contributed by atoms with Crippen molar-refractivity contribution in [1.82, 2.24) is 19.7 Å². The zero-order chi connectivity index (χ0) is 14.4. The van der Waals surface area contributed by atoms with Gasteiger partial charge in [0.15, 0.2) is 5.82 Å². The molecule has 2 rings (SSSR count). The van der Waals surface area contributed by atoms with Crippen molar-refractivity contribution in [3.63, 3.8) is 0 Å². The van der Waals surface area contributed by atoms with Crippen molar-refractivity contribution in [3.8, 4) is 10.7 Å². The summed E-state index contributed by atoms with van der Waals surface area (Å²) in [4.78, 5) is 4.90. The van der Waals surface area contributed by atoms with Crippen LogP contribution in [0.1, 0.15) is 25.8 Å². The Morgan fingerprint density at radius 1 is 1.32 bits per heavy atom. The summed E-state index contributed by atoms with van der Waals surface area (Å²) in [6, 6.07) is 0. The van der Waals surface area contributed by atoms with Gasteiger partial charge in [-0.2, -0.15) is 0 Å². The molecule has 0 amide bonds. The topological polar surface area (TPSA) is 77.7 Å². The molecular formula is C10H13ClN4O2S2. The zero-order valence-corrected chi connectivity index (χ0v) is 13.3. The molecule has 0 aliphatic carbocycles. The third-order valence-corrected chi connectivity index (χ3v) is 4.39. The van der Waals surface area contributed by atoms with Crippen molar-refractivity contribution in [2.75, 3.05) is 0 Å². The lowest BCUT2D eigenvalue weighted by atomic mass is 10.1. The quantitative estimate of drug-likeness (QED) is 0.794. The second-order valence-electron chi connectivity index (χ2n) is 4.99. The molecule has 9 heteroatoms. The molecule has 104 valence electrons. The minimum absolute atomic E-state index is 0.247. The van der Waals surface area contributed by atoms with Gasteiger partial charge >= 0.3 is 0 Å². The molecule has 6 nitrogen and oxygen atoms in total. The Balaban J connectivity index is 2.74. The molecule has 2 aromatic heterocycles. The second kappa shape index (κ2) is 4.53. The predicted octanol–water partition coefficient (Wildman–Crippen LogP) is 2.39. The number of nitrogens with zero attached hydrogens (tertiary/aromatic N) is 4. The largest absolute Gasteiger partial charge is 0.296 e. The molecule has 2 heterocycles. The van der Waals surface area contributed by atoms with Crippen LogP contribution in [0.25, 0.3) is 10.7 Å². The molecule has 0 unspecified atom stereocenters. The fraction of sp³-hybridized carbons (Fsp3) is 0.500. The first-order chi connectivity index (χ1) is 8.60. The van der Waals surface area contributed by atoms with E-state index >= 15 is 0 Å². The Bertz CT molecular complexity index is 712. The Hall–Kier alpha value is -0.990. The van der Waals surface area contributed by atoms with Gasteiger partial charge in [-0.3, -0.25) is 4.57 Å². The maximum atomic E-state index is 11.6. The van der Waals surface area contributed by atoms with Gasteiger partial charge in [0.2, 0.25) is 0 Å². The van der Waals surface area contributed by atoms with Crippen molar-refractivity contribution >= 4 is 31.1 Å². The van der Waals surface area contributed by atoms with Crippen molar-refractivity contribution in [3.05, 3.63) is 11.2 Å². The fourth-order valence-corrected chi connectivity index (χ4v) is 3.43. The van der Waals surface area contributed by atoms with E-state index in [1.807, 2.05) is 27.7 Å². The lowest BCUT2D eigenvalue weighted by Gasteiger charge is -2.23. The molecule has 0 bridgehead atoms. The van der Waals surface area contributed by atoms with E-state index in [4.69, 9.17) is 10.7 Å². The van der Waals surface area contributed by atoms with Crippen LogP contribution in [0.15, 0.2) is 11.4 Å². The average molecular weight is 321 g/mol. The van der Waals surface area contributed by atoms with Crippen molar-refractivity contribution in [1.29, 1.82) is 0 Å². The predicted molar refractivity (Wildman–Crippen MR) is 73.9 cm³/mol. The smallest absolute Gasteiger partial charge is 0.291 e. The van der Waals surface area contributed by atoms with Gasteiger partial charge in [0.1, 0.15) is 0 Å². The van der Waals surface area contributed by atoms with E-state index < -0.39 is 14.6 Å². The van der Waals surface area contributed by atoms with Gasteiger partial charge in [0.05, 0.1) is 9.88 Å². The summed E-state index contributed by atoms with van der Waals surface area (Å²) in [5.41, 5.74) is -0.520. The summed E-state index contributed by atoms with van der Waals surface area (Å²) in [6.45, 7) is 7.45. The van der Waals surface area contributed by atoms with Gasteiger partial charge in [0.25, 0.3) is 14.2 Å². The lowest BCUT2D eigenvalue weighted by molar-refractivity contribution is 0.367. The van der Waals surface area contributed by atoms with Crippen molar-refractivity contribution in [2.24, 2.45) is 0 Å². The summed E-state index contributed by atoms with van der Waals surface area (Å²) in [6.07, 6.45) is 1.65. The summed E-state index contributed by atoms with van der Waals surface area (Å²) >= 11 is 1.42. The SMILES string of the molecule is Cc1ncc(-c2nnc(S(=O)(=O)Cl)n2C(C)(C)C)s1. The first-order valence-corrected chi connectivity index (χ1v) is 8.56. The summed E-state index contributed by atoms with van der Waals surface area (Å²) in [5, 5.41) is 8.29. The third-order valence-electron chi connectivity index (χ3n) is 2.36. The van der Waals surface area contributed by atoms with Gasteiger partial charge in [-0.15, -0.1) is 21.5 Å². The average Bonchev–Trinajstić information content (AvgIpc) is 2.79. The summed E-state index contributed by atoms with van der Waals surface area (Å²) in [7, 11) is 1.46. The first kappa shape index (κ1) is 14.4. The summed E-state index contributed by atoms with van der Waals surface area (Å²) in [5.74, 6) is 0.456. The maximum Gasteiger partial charge on any atom is 0.296 e. The number of aryl methyl sites for hydroxylation is 1. The molecule has 19 heavy (non-hydrogen) atoms. The number of hydrogen-bond donors (Lipinski definition) is 0. The monoisotopic (exact) mass is 320 g/mol. The van der Waals surface area contributed by atoms with Crippen LogP contribution in [0.3, 0.4) is 0 Å². The minimum atomic E-state index is -3.95. The van der Waals surface area contributed by atoms with Crippen molar-refractivity contribution < 1.29 is 8.42 Å². The normalized spacial score (nSPS) is 12.9. The maximum absolute atomic E-state index is 11.6. The molecule has 0 aliphatic heterocycles. The highest BCUT2D eigenvalue weighted by Gasteiger charge is 2.30. The Kier molecular flexibility index (Phi) is 3.44. The summed E-state index contributed by atoms with van der Waals surface area (Å²) < 4.78 is 24.7. The van der Waals surface area contributed by atoms with Gasteiger partial charge in [-0.1, -0.05) is 0 Å². The van der Waals surface area contributed by atoms with Crippen LogP contribution < -0.4 is 0 Å². The van der Waals surface area contributed by atoms with Crippen LogP contribution in [0.4, 0.5) is 0 Å². The van der Waals surface area contributed by atoms with Crippen LogP contribution in [0.5, 0.6) is 0 Å². The Labute approximate surface area is 119 Å². The molecule has 0 N–H and O–H groups in total. The number of thiazole rings is 1. The molecule has 0 atom stereocenters. The van der Waals surface area contributed by atoms with E-state index in [1.165, 1.54) is 15.9 Å². The van der Waals surface area contributed by atoms with Crippen LogP contribution >= 0.6 is 22.0 Å². The van der Waals surface area contributed by atoms with E-state index in [2.05, 4.69) is 15.2 Å². The van der Waals surface area contributed by atoms with Crippen LogP contribution in [0, 0.1) is 6.92 Å². The molecule has 0 aromatic carbocycles. The molecule has 0 radical (unpaired) electrons. The van der Waals surface area contributed by atoms with Gasteiger partial charge < -0.3 is 0 Å². The number of hydrogen-bond acceptors (Lipinski definition) is 6. The zero-order valence-electron chi connectivity index (χ0n) is 10.9. The fourth-order valence-electron chi connectivity index (χ4n) is 1.66. The Morgan fingerprint density at radius 3 is 2.37 bits per heavy atom. The molecule has 0 saturated heterocycles. The third kappa shape index (κ3) is 2.80. The molecule has 0 fully saturated rings. The highest BCUT2D eigenvalue weighted by molar-refractivity contribution is 8.13. The Morgan fingerprint density at radius 2 is 1.95 bits per heavy atom. The van der Waals surface area contributed by atoms with E-state index in [-0.39, 0.29) is 5.16 Å². The minimum Gasteiger partial charge on any atom is -0.291 e. The number of rotatable bonds is 2. The first-order valence-electron chi connectivity index (χ1n) is 5.44. The van der Waals surface area contributed by atoms with E-state index in [1.54, 1.807) is 6.20 Å². The molecular weight excluding hydrogens is 308 g/mol. The number of aromatic nitrogens is 4. The van der Waals surface area contributed by atoms with Gasteiger partial charge in [-0.25, -0.2) is 13.4 Å². The molecule has 0 aliphatic rings. The van der Waals surface area contributed by atoms with E-state index in [0.29, 0.717) is 5.82 Å². The highest BCUT2D eigenvalue weighted by atomic mass is 35.7. The van der Waals surface area contributed by atoms with Crippen molar-refractivity contribution in [2.45, 2.75) is 38.4 Å². The van der Waals surface area contributed by atoms with E-state index in [9.17, 15) is 8.42 Å². The van der Waals surface area contributed by atoms with Gasteiger partial charge in [-0.05, 0) is 27.7 Å². The number of halogens is 1. The standard InChI is InChI=1S/C10H13ClN4O2S2/c1-6-12-5-7(18-6)8-13-14-9(19(11,16)17)15(8)10(2,3)4/h5H,1-4H3. The van der Waals surface area contributed by atoms with Crippen LogP contribution in [-0.4, -0.2) is 28.2 Å². The second-order valence-corrected chi connectivity index (χ2v) is 8.69. The lowest BCUT2D eigenvalue weighted by Crippen LogP contribution is -2.25. The van der Waals surface area contributed by atoms with E-state index in [0.717, 1.165) is 9.88 Å². The highest BCUT2D eigenvalue weighted by Crippen LogP contribution is 2.31. The van der Waals surface area contributed by atoms with Gasteiger partial charge in [0, 0.05) is 22.4 Å². The molecule has 0 spiro atoms.